The zero-order valence-corrected chi connectivity index (χ0v) is 17.6. The zero-order chi connectivity index (χ0) is 16.9. The Balaban J connectivity index is 0.00000169. The molecule has 8 heteroatoms. The van der Waals surface area contributed by atoms with Crippen molar-refractivity contribution in [2.24, 2.45) is 5.73 Å². The number of thiophene rings is 1. The third kappa shape index (κ3) is 6.12. The van der Waals surface area contributed by atoms with Crippen molar-refractivity contribution in [2.75, 3.05) is 32.7 Å². The molecule has 1 aliphatic heterocycles. The molecule has 2 aromatic rings. The summed E-state index contributed by atoms with van der Waals surface area (Å²) in [5.74, 6) is 0.177. The van der Waals surface area contributed by atoms with Gasteiger partial charge in [-0.1, -0.05) is 23.7 Å². The van der Waals surface area contributed by atoms with Crippen LogP contribution in [0.15, 0.2) is 36.4 Å². The molecule has 0 spiro atoms. The van der Waals surface area contributed by atoms with Gasteiger partial charge in [0.05, 0.1) is 0 Å². The number of amides is 1. The van der Waals surface area contributed by atoms with Crippen LogP contribution in [-0.2, 0) is 11.3 Å². The van der Waals surface area contributed by atoms with Crippen molar-refractivity contribution in [1.82, 2.24) is 9.80 Å². The highest BCUT2D eigenvalue weighted by molar-refractivity contribution is 7.15. The summed E-state index contributed by atoms with van der Waals surface area (Å²) in [4.78, 5) is 18.8. The van der Waals surface area contributed by atoms with Gasteiger partial charge in [0, 0.05) is 60.5 Å². The summed E-state index contributed by atoms with van der Waals surface area (Å²) >= 11 is 7.88. The number of halogens is 3. The predicted octanol–water partition coefficient (Wildman–Crippen LogP) is 3.91. The molecule has 144 valence electrons. The standard InChI is InChI=1S/C18H22ClN3OS.2ClH/c19-15-3-1-2-14(12-15)17-5-4-16(24-17)13-21-8-10-22(11-9-21)18(23)6-7-20;;/h1-5,12H,6-11,13,20H2;2*1H. The molecule has 1 aromatic heterocycles. The van der Waals surface area contributed by atoms with Crippen LogP contribution in [0.4, 0.5) is 0 Å². The summed E-state index contributed by atoms with van der Waals surface area (Å²) in [6.45, 7) is 4.79. The van der Waals surface area contributed by atoms with Crippen LogP contribution in [0.3, 0.4) is 0 Å². The lowest BCUT2D eigenvalue weighted by atomic mass is 10.2. The molecule has 0 aliphatic carbocycles. The minimum atomic E-state index is 0. The molecular formula is C18H24Cl3N3OS. The van der Waals surface area contributed by atoms with Crippen LogP contribution in [0.2, 0.25) is 5.02 Å². The van der Waals surface area contributed by atoms with Gasteiger partial charge in [-0.3, -0.25) is 9.69 Å². The summed E-state index contributed by atoms with van der Waals surface area (Å²) < 4.78 is 0. The third-order valence-electron chi connectivity index (χ3n) is 4.23. The van der Waals surface area contributed by atoms with Crippen LogP contribution in [0, 0.1) is 0 Å². The van der Waals surface area contributed by atoms with Gasteiger partial charge in [-0.2, -0.15) is 0 Å². The number of nitrogens with zero attached hydrogens (tertiary/aromatic N) is 2. The minimum Gasteiger partial charge on any atom is -0.340 e. The van der Waals surface area contributed by atoms with E-state index in [-0.39, 0.29) is 30.7 Å². The monoisotopic (exact) mass is 435 g/mol. The lowest BCUT2D eigenvalue weighted by Crippen LogP contribution is -2.48. The number of carbonyl (C=O) groups excluding carboxylic acids is 1. The Morgan fingerprint density at radius 1 is 1.12 bits per heavy atom. The second-order valence-corrected chi connectivity index (χ2v) is 7.58. The Hall–Kier alpha value is -0.820. The van der Waals surface area contributed by atoms with Crippen molar-refractivity contribution in [3.8, 4) is 10.4 Å². The molecule has 1 fully saturated rings. The maximum absolute atomic E-state index is 11.9. The molecule has 0 saturated carbocycles. The van der Waals surface area contributed by atoms with Crippen molar-refractivity contribution in [3.63, 3.8) is 0 Å². The smallest absolute Gasteiger partial charge is 0.223 e. The van der Waals surface area contributed by atoms with Gasteiger partial charge in [0.1, 0.15) is 0 Å². The van der Waals surface area contributed by atoms with Crippen LogP contribution in [0.5, 0.6) is 0 Å². The highest BCUT2D eigenvalue weighted by Crippen LogP contribution is 2.30. The van der Waals surface area contributed by atoms with Gasteiger partial charge in [-0.05, 0) is 29.8 Å². The lowest BCUT2D eigenvalue weighted by molar-refractivity contribution is -0.132. The number of carbonyl (C=O) groups is 1. The van der Waals surface area contributed by atoms with Crippen molar-refractivity contribution >= 4 is 53.7 Å². The summed E-state index contributed by atoms with van der Waals surface area (Å²) in [7, 11) is 0. The van der Waals surface area contributed by atoms with Crippen molar-refractivity contribution < 1.29 is 4.79 Å². The molecule has 0 atom stereocenters. The van der Waals surface area contributed by atoms with Gasteiger partial charge in [-0.15, -0.1) is 36.2 Å². The predicted molar refractivity (Wildman–Crippen MR) is 115 cm³/mol. The van der Waals surface area contributed by atoms with E-state index in [1.165, 1.54) is 9.75 Å². The molecule has 1 aliphatic rings. The van der Waals surface area contributed by atoms with E-state index in [9.17, 15) is 4.79 Å². The van der Waals surface area contributed by atoms with E-state index in [1.54, 1.807) is 11.3 Å². The van der Waals surface area contributed by atoms with Gasteiger partial charge >= 0.3 is 0 Å². The molecule has 26 heavy (non-hydrogen) atoms. The van der Waals surface area contributed by atoms with Crippen LogP contribution in [0.1, 0.15) is 11.3 Å². The first kappa shape index (κ1) is 23.2. The Bertz CT molecular complexity index is 702. The number of nitrogens with two attached hydrogens (primary N) is 1. The zero-order valence-electron chi connectivity index (χ0n) is 14.4. The van der Waals surface area contributed by atoms with Crippen LogP contribution >= 0.6 is 47.8 Å². The Labute approximate surface area is 176 Å². The lowest BCUT2D eigenvalue weighted by Gasteiger charge is -2.34. The van der Waals surface area contributed by atoms with E-state index in [0.717, 1.165) is 43.3 Å². The average molecular weight is 437 g/mol. The maximum Gasteiger partial charge on any atom is 0.223 e. The van der Waals surface area contributed by atoms with E-state index in [1.807, 2.05) is 23.1 Å². The maximum atomic E-state index is 11.9. The molecule has 1 amide bonds. The fourth-order valence-electron chi connectivity index (χ4n) is 2.92. The number of hydrogen-bond acceptors (Lipinski definition) is 4. The summed E-state index contributed by atoms with van der Waals surface area (Å²) in [5.41, 5.74) is 6.62. The second kappa shape index (κ2) is 11.1. The molecule has 1 aromatic carbocycles. The van der Waals surface area contributed by atoms with E-state index >= 15 is 0 Å². The van der Waals surface area contributed by atoms with Crippen LogP contribution in [0.25, 0.3) is 10.4 Å². The fraction of sp³-hybridized carbons (Fsp3) is 0.389. The van der Waals surface area contributed by atoms with E-state index in [0.29, 0.717) is 13.0 Å². The minimum absolute atomic E-state index is 0. The summed E-state index contributed by atoms with van der Waals surface area (Å²) in [6.07, 6.45) is 0.452. The van der Waals surface area contributed by atoms with Crippen molar-refractivity contribution in [1.29, 1.82) is 0 Å². The van der Waals surface area contributed by atoms with Gasteiger partial charge in [0.25, 0.3) is 0 Å². The van der Waals surface area contributed by atoms with Gasteiger partial charge in [-0.25, -0.2) is 0 Å². The third-order valence-corrected chi connectivity index (χ3v) is 5.59. The van der Waals surface area contributed by atoms with Crippen LogP contribution < -0.4 is 5.73 Å². The fourth-order valence-corrected chi connectivity index (χ4v) is 4.15. The van der Waals surface area contributed by atoms with E-state index in [4.69, 9.17) is 17.3 Å². The topological polar surface area (TPSA) is 49.6 Å². The average Bonchev–Trinajstić information content (AvgIpc) is 3.04. The van der Waals surface area contributed by atoms with E-state index < -0.39 is 0 Å². The normalized spacial score (nSPS) is 14.5. The SMILES string of the molecule is Cl.Cl.NCCC(=O)N1CCN(Cc2ccc(-c3cccc(Cl)c3)s2)CC1. The molecule has 3 rings (SSSR count). The number of hydrogen-bond donors (Lipinski definition) is 1. The molecule has 0 bridgehead atoms. The first-order valence-electron chi connectivity index (χ1n) is 8.20. The van der Waals surface area contributed by atoms with Crippen molar-refractivity contribution in [2.45, 2.75) is 13.0 Å². The first-order valence-corrected chi connectivity index (χ1v) is 9.40. The highest BCUT2D eigenvalue weighted by Gasteiger charge is 2.20. The Kier molecular flexibility index (Phi) is 9.93. The van der Waals surface area contributed by atoms with Crippen LogP contribution in [-0.4, -0.2) is 48.4 Å². The molecular weight excluding hydrogens is 413 g/mol. The summed E-state index contributed by atoms with van der Waals surface area (Å²) in [5, 5.41) is 0.765. The van der Waals surface area contributed by atoms with E-state index in [2.05, 4.69) is 23.1 Å². The van der Waals surface area contributed by atoms with Gasteiger partial charge < -0.3 is 10.6 Å². The van der Waals surface area contributed by atoms with Crippen molar-refractivity contribution in [3.05, 3.63) is 46.3 Å². The molecule has 2 N–H and O–H groups in total. The number of piperazine rings is 1. The second-order valence-electron chi connectivity index (χ2n) is 5.97. The van der Waals surface area contributed by atoms with Gasteiger partial charge in [0.2, 0.25) is 5.91 Å². The Morgan fingerprint density at radius 2 is 1.85 bits per heavy atom. The summed E-state index contributed by atoms with van der Waals surface area (Å²) in [6, 6.07) is 12.3. The molecule has 2 heterocycles. The van der Waals surface area contributed by atoms with Gasteiger partial charge in [0.15, 0.2) is 0 Å². The molecule has 1 saturated heterocycles. The molecule has 0 unspecified atom stereocenters. The number of benzene rings is 1. The number of rotatable bonds is 5. The first-order chi connectivity index (χ1) is 11.7. The highest BCUT2D eigenvalue weighted by atomic mass is 35.5. The Morgan fingerprint density at radius 3 is 2.50 bits per heavy atom. The molecule has 4 nitrogen and oxygen atoms in total. The largest absolute Gasteiger partial charge is 0.340 e. The molecule has 0 radical (unpaired) electrons. The quantitative estimate of drug-likeness (QED) is 0.773.